The van der Waals surface area contributed by atoms with Crippen LogP contribution in [0.3, 0.4) is 0 Å². The number of halogens is 2. The lowest BCUT2D eigenvalue weighted by atomic mass is 10.1. The van der Waals surface area contributed by atoms with Crippen LogP contribution in [0, 0.1) is 5.82 Å². The maximum atomic E-state index is 13.0. The van der Waals surface area contributed by atoms with Crippen LogP contribution < -0.4 is 5.73 Å². The molecule has 0 atom stereocenters. The molecule has 0 aromatic heterocycles. The summed E-state index contributed by atoms with van der Waals surface area (Å²) in [6.07, 6.45) is 0. The fraction of sp³-hybridized carbons (Fsp3) is 0.125. The van der Waals surface area contributed by atoms with E-state index in [1.165, 1.54) is 12.1 Å². The maximum Gasteiger partial charge on any atom is 0.248 e. The van der Waals surface area contributed by atoms with E-state index in [1.54, 1.807) is 0 Å². The first-order valence-corrected chi connectivity index (χ1v) is 4.41. The summed E-state index contributed by atoms with van der Waals surface area (Å²) in [4.78, 5) is 10.6. The fourth-order valence-electron chi connectivity index (χ4n) is 0.809. The third-order valence-electron chi connectivity index (χ3n) is 1.48. The highest BCUT2D eigenvalue weighted by atomic mass is 79.9. The summed E-state index contributed by atoms with van der Waals surface area (Å²) < 4.78 is 13.0. The first-order valence-electron chi connectivity index (χ1n) is 3.29. The molecule has 2 nitrogen and oxygen atoms in total. The molecule has 1 aromatic carbocycles. The Hall–Kier alpha value is -0.900. The molecule has 1 aromatic rings. The van der Waals surface area contributed by atoms with Gasteiger partial charge in [0.2, 0.25) is 5.91 Å². The maximum absolute atomic E-state index is 13.0. The van der Waals surface area contributed by atoms with E-state index >= 15 is 0 Å². The van der Waals surface area contributed by atoms with Crippen molar-refractivity contribution in [2.24, 2.45) is 5.73 Å². The highest BCUT2D eigenvalue weighted by Gasteiger charge is 2.05. The third-order valence-corrected chi connectivity index (χ3v) is 2.09. The van der Waals surface area contributed by atoms with E-state index in [0.717, 1.165) is 6.07 Å². The number of rotatable bonds is 2. The number of carbonyl (C=O) groups excluding carboxylic acids is 1. The van der Waals surface area contributed by atoms with Crippen molar-refractivity contribution in [2.75, 3.05) is 0 Å². The molecule has 0 unspecified atom stereocenters. The third kappa shape index (κ3) is 1.82. The Bertz CT molecular complexity index is 314. The molecule has 0 fully saturated rings. The van der Waals surface area contributed by atoms with Gasteiger partial charge in [0.15, 0.2) is 0 Å². The van der Waals surface area contributed by atoms with Crippen LogP contribution in [0.1, 0.15) is 15.9 Å². The van der Waals surface area contributed by atoms with Gasteiger partial charge < -0.3 is 5.73 Å². The van der Waals surface area contributed by atoms with Gasteiger partial charge in [0.25, 0.3) is 0 Å². The molecule has 1 rings (SSSR count). The molecule has 4 heteroatoms. The summed E-state index contributed by atoms with van der Waals surface area (Å²) in [5.41, 5.74) is 5.66. The SMILES string of the molecule is NC(=O)c1ccc(CBr)c(F)c1. The minimum absolute atomic E-state index is 0.192. The second-order valence-electron chi connectivity index (χ2n) is 2.30. The Balaban J connectivity index is 3.10. The van der Waals surface area contributed by atoms with Crippen LogP contribution in [0.15, 0.2) is 18.2 Å². The zero-order valence-electron chi connectivity index (χ0n) is 6.18. The number of nitrogens with two attached hydrogens (primary N) is 1. The van der Waals surface area contributed by atoms with Gasteiger partial charge in [-0.05, 0) is 17.7 Å². The molecular weight excluding hydrogens is 225 g/mol. The fourth-order valence-corrected chi connectivity index (χ4v) is 1.26. The topological polar surface area (TPSA) is 43.1 Å². The van der Waals surface area contributed by atoms with Crippen molar-refractivity contribution in [2.45, 2.75) is 5.33 Å². The smallest absolute Gasteiger partial charge is 0.248 e. The summed E-state index contributed by atoms with van der Waals surface area (Å²) in [6, 6.07) is 4.17. The minimum atomic E-state index is -0.616. The summed E-state index contributed by atoms with van der Waals surface area (Å²) in [5.74, 6) is -1.03. The van der Waals surface area contributed by atoms with Crippen LogP contribution in [-0.2, 0) is 5.33 Å². The van der Waals surface area contributed by atoms with E-state index in [-0.39, 0.29) is 5.56 Å². The summed E-state index contributed by atoms with van der Waals surface area (Å²) in [5, 5.41) is 0.428. The van der Waals surface area contributed by atoms with Gasteiger partial charge in [0, 0.05) is 10.9 Å². The predicted octanol–water partition coefficient (Wildman–Crippen LogP) is 1.82. The van der Waals surface area contributed by atoms with Crippen LogP contribution in [0.5, 0.6) is 0 Å². The van der Waals surface area contributed by atoms with Gasteiger partial charge in [0.05, 0.1) is 0 Å². The Morgan fingerprint density at radius 3 is 2.67 bits per heavy atom. The number of carbonyl (C=O) groups is 1. The van der Waals surface area contributed by atoms with Crippen molar-refractivity contribution < 1.29 is 9.18 Å². The van der Waals surface area contributed by atoms with Crippen molar-refractivity contribution in [3.63, 3.8) is 0 Å². The standard InChI is InChI=1S/C8H7BrFNO/c9-4-6-2-1-5(8(11)12)3-7(6)10/h1-3H,4H2,(H2,11,12). The lowest BCUT2D eigenvalue weighted by Gasteiger charge is -1.99. The van der Waals surface area contributed by atoms with Crippen molar-refractivity contribution in [3.8, 4) is 0 Å². The van der Waals surface area contributed by atoms with Gasteiger partial charge in [-0.1, -0.05) is 22.0 Å². The van der Waals surface area contributed by atoms with Gasteiger partial charge >= 0.3 is 0 Å². The van der Waals surface area contributed by atoms with Crippen LogP contribution in [0.2, 0.25) is 0 Å². The molecular formula is C8H7BrFNO. The second-order valence-corrected chi connectivity index (χ2v) is 2.86. The van der Waals surface area contributed by atoms with Crippen molar-refractivity contribution in [1.82, 2.24) is 0 Å². The molecule has 1 amide bonds. The van der Waals surface area contributed by atoms with Crippen molar-refractivity contribution in [3.05, 3.63) is 35.1 Å². The summed E-state index contributed by atoms with van der Waals surface area (Å²) in [7, 11) is 0. The van der Waals surface area contributed by atoms with Crippen molar-refractivity contribution >= 4 is 21.8 Å². The second kappa shape index (κ2) is 3.67. The molecule has 0 heterocycles. The van der Waals surface area contributed by atoms with Crippen LogP contribution >= 0.6 is 15.9 Å². The predicted molar refractivity (Wildman–Crippen MR) is 47.5 cm³/mol. The van der Waals surface area contributed by atoms with Gasteiger partial charge in [-0.15, -0.1) is 0 Å². The van der Waals surface area contributed by atoms with E-state index < -0.39 is 11.7 Å². The number of benzene rings is 1. The molecule has 12 heavy (non-hydrogen) atoms. The Labute approximate surface area is 77.7 Å². The van der Waals surface area contributed by atoms with Crippen LogP contribution in [-0.4, -0.2) is 5.91 Å². The molecule has 0 aliphatic carbocycles. The molecule has 64 valence electrons. The zero-order chi connectivity index (χ0) is 9.14. The average Bonchev–Trinajstić information content (AvgIpc) is 2.04. The summed E-state index contributed by atoms with van der Waals surface area (Å²) in [6.45, 7) is 0. The first-order chi connectivity index (χ1) is 5.65. The summed E-state index contributed by atoms with van der Waals surface area (Å²) >= 11 is 3.11. The molecule has 0 saturated carbocycles. The minimum Gasteiger partial charge on any atom is -0.366 e. The zero-order valence-corrected chi connectivity index (χ0v) is 7.77. The van der Waals surface area contributed by atoms with E-state index in [4.69, 9.17) is 5.73 Å². The number of alkyl halides is 1. The molecule has 0 aliphatic heterocycles. The largest absolute Gasteiger partial charge is 0.366 e. The molecule has 0 spiro atoms. The number of hydrogen-bond donors (Lipinski definition) is 1. The van der Waals surface area contributed by atoms with Gasteiger partial charge in [0.1, 0.15) is 5.82 Å². The van der Waals surface area contributed by atoms with Gasteiger partial charge in [-0.3, -0.25) is 4.79 Å². The van der Waals surface area contributed by atoms with E-state index in [1.807, 2.05) is 0 Å². The lowest BCUT2D eigenvalue weighted by molar-refractivity contribution is 0.1000. The number of hydrogen-bond acceptors (Lipinski definition) is 1. The Kier molecular flexibility index (Phi) is 2.81. The van der Waals surface area contributed by atoms with Crippen LogP contribution in [0.4, 0.5) is 4.39 Å². The van der Waals surface area contributed by atoms with Gasteiger partial charge in [-0.2, -0.15) is 0 Å². The van der Waals surface area contributed by atoms with E-state index in [9.17, 15) is 9.18 Å². The molecule has 2 N–H and O–H groups in total. The average molecular weight is 232 g/mol. The van der Waals surface area contributed by atoms with E-state index in [2.05, 4.69) is 15.9 Å². The van der Waals surface area contributed by atoms with Crippen LogP contribution in [0.25, 0.3) is 0 Å². The lowest BCUT2D eigenvalue weighted by Crippen LogP contribution is -2.11. The first kappa shape index (κ1) is 9.19. The molecule has 0 radical (unpaired) electrons. The number of amides is 1. The quantitative estimate of drug-likeness (QED) is 0.776. The monoisotopic (exact) mass is 231 g/mol. The van der Waals surface area contributed by atoms with Gasteiger partial charge in [-0.25, -0.2) is 4.39 Å². The van der Waals surface area contributed by atoms with E-state index in [0.29, 0.717) is 10.9 Å². The highest BCUT2D eigenvalue weighted by Crippen LogP contribution is 2.12. The number of primary amides is 1. The normalized spacial score (nSPS) is 9.83. The Morgan fingerprint density at radius 2 is 2.25 bits per heavy atom. The Morgan fingerprint density at radius 1 is 1.58 bits per heavy atom. The highest BCUT2D eigenvalue weighted by molar-refractivity contribution is 9.08. The van der Waals surface area contributed by atoms with Crippen molar-refractivity contribution in [1.29, 1.82) is 0 Å². The molecule has 0 bridgehead atoms. The molecule has 0 aliphatic rings. The molecule has 0 saturated heterocycles.